The van der Waals surface area contributed by atoms with Crippen molar-refractivity contribution in [3.8, 4) is 0 Å². The number of nitrogens with zero attached hydrogens (tertiary/aromatic N) is 1. The Balaban J connectivity index is 2.75. The summed E-state index contributed by atoms with van der Waals surface area (Å²) in [5.74, 6) is -0.992. The first-order chi connectivity index (χ1) is 10.8. The fourth-order valence-corrected chi connectivity index (χ4v) is 2.01. The molecular weight excluding hydrogens is 310 g/mol. The van der Waals surface area contributed by atoms with Gasteiger partial charge in [0, 0.05) is 13.3 Å². The van der Waals surface area contributed by atoms with E-state index in [4.69, 9.17) is 14.2 Å². The van der Waals surface area contributed by atoms with E-state index in [-0.39, 0.29) is 24.5 Å². The maximum Gasteiger partial charge on any atom is 0.343 e. The van der Waals surface area contributed by atoms with E-state index in [1.165, 1.54) is 14.0 Å². The summed E-state index contributed by atoms with van der Waals surface area (Å²) in [6, 6.07) is 0. The van der Waals surface area contributed by atoms with Crippen LogP contribution in [0.5, 0.6) is 0 Å². The Kier molecular flexibility index (Phi) is 7.59. The third kappa shape index (κ3) is 4.98. The summed E-state index contributed by atoms with van der Waals surface area (Å²) in [5, 5.41) is 38.7. The van der Waals surface area contributed by atoms with Gasteiger partial charge in [-0.2, -0.15) is 0 Å². The molecule has 1 rings (SSSR count). The number of hydrogen-bond donors (Lipinski definition) is 4. The second-order valence-corrected chi connectivity index (χ2v) is 4.96. The Morgan fingerprint density at radius 3 is 2.43 bits per heavy atom. The molecule has 0 bridgehead atoms. The largest absolute Gasteiger partial charge is 0.512 e. The summed E-state index contributed by atoms with van der Waals surface area (Å²) in [7, 11) is 1.29. The number of carbonyl (C=O) groups is 1. The van der Waals surface area contributed by atoms with Crippen molar-refractivity contribution in [3.63, 3.8) is 0 Å². The minimum Gasteiger partial charge on any atom is -0.512 e. The summed E-state index contributed by atoms with van der Waals surface area (Å²) >= 11 is 0. The van der Waals surface area contributed by atoms with Crippen molar-refractivity contribution in [1.29, 1.82) is 0 Å². The van der Waals surface area contributed by atoms with Gasteiger partial charge in [0.1, 0.15) is 35.7 Å². The van der Waals surface area contributed by atoms with Crippen LogP contribution in [0.1, 0.15) is 13.8 Å². The molecule has 4 N–H and O–H groups in total. The first-order valence-electron chi connectivity index (χ1n) is 7.12. The molecule has 1 saturated heterocycles. The molecule has 0 aromatic heterocycles. The lowest BCUT2D eigenvalue weighted by molar-refractivity contribution is -0.287. The molecule has 0 aromatic carbocycles. The predicted octanol–water partition coefficient (Wildman–Crippen LogP) is -1.09. The van der Waals surface area contributed by atoms with Crippen LogP contribution in [0.15, 0.2) is 16.3 Å². The van der Waals surface area contributed by atoms with E-state index >= 15 is 0 Å². The topological polar surface area (TPSA) is 138 Å². The fraction of sp³-hybridized carbons (Fsp3) is 0.714. The van der Waals surface area contributed by atoms with Crippen LogP contribution in [0, 0.1) is 0 Å². The van der Waals surface area contributed by atoms with Crippen molar-refractivity contribution >= 4 is 12.2 Å². The van der Waals surface area contributed by atoms with Crippen LogP contribution in [0.3, 0.4) is 0 Å². The third-order valence-corrected chi connectivity index (χ3v) is 3.29. The molecule has 0 radical (unpaired) electrons. The number of hydrogen-bond acceptors (Lipinski definition) is 9. The van der Waals surface area contributed by atoms with Gasteiger partial charge >= 0.3 is 5.97 Å². The fourth-order valence-electron chi connectivity index (χ4n) is 2.01. The molecule has 1 fully saturated rings. The van der Waals surface area contributed by atoms with Gasteiger partial charge in [0.05, 0.1) is 13.2 Å². The second-order valence-electron chi connectivity index (χ2n) is 4.96. The van der Waals surface area contributed by atoms with Crippen LogP contribution in [0.4, 0.5) is 0 Å². The predicted molar refractivity (Wildman–Crippen MR) is 79.0 cm³/mol. The quantitative estimate of drug-likeness (QED) is 0.208. The SMILES string of the molecule is CCOC(=O)/C(C=NC[C@H]1O[C@H](OC)[C@H](O)[C@@H](O)[C@@H]1O)=C(/C)O. The summed E-state index contributed by atoms with van der Waals surface area (Å²) in [4.78, 5) is 15.5. The second kappa shape index (κ2) is 8.94. The van der Waals surface area contributed by atoms with Gasteiger partial charge in [-0.1, -0.05) is 0 Å². The first kappa shape index (κ1) is 19.5. The number of ether oxygens (including phenoxy) is 3. The lowest BCUT2D eigenvalue weighted by Crippen LogP contribution is -2.58. The van der Waals surface area contributed by atoms with Crippen LogP contribution >= 0.6 is 0 Å². The lowest BCUT2D eigenvalue weighted by Gasteiger charge is -2.39. The number of esters is 1. The van der Waals surface area contributed by atoms with Gasteiger partial charge in [-0.15, -0.1) is 0 Å². The van der Waals surface area contributed by atoms with Crippen LogP contribution in [0.2, 0.25) is 0 Å². The van der Waals surface area contributed by atoms with Crippen molar-refractivity contribution in [2.45, 2.75) is 44.6 Å². The van der Waals surface area contributed by atoms with Crippen molar-refractivity contribution in [2.24, 2.45) is 4.99 Å². The number of allylic oxidation sites excluding steroid dienone is 1. The molecule has 0 spiro atoms. The molecule has 0 aromatic rings. The summed E-state index contributed by atoms with van der Waals surface area (Å²) < 4.78 is 14.9. The van der Waals surface area contributed by atoms with Gasteiger partial charge in [-0.05, 0) is 13.8 Å². The zero-order chi connectivity index (χ0) is 17.6. The highest BCUT2D eigenvalue weighted by molar-refractivity contribution is 6.09. The summed E-state index contributed by atoms with van der Waals surface area (Å²) in [6.07, 6.45) is -5.16. The van der Waals surface area contributed by atoms with Crippen LogP contribution in [0.25, 0.3) is 0 Å². The van der Waals surface area contributed by atoms with Crippen molar-refractivity contribution in [2.75, 3.05) is 20.3 Å². The monoisotopic (exact) mass is 333 g/mol. The smallest absolute Gasteiger partial charge is 0.343 e. The third-order valence-electron chi connectivity index (χ3n) is 3.29. The maximum absolute atomic E-state index is 11.6. The maximum atomic E-state index is 11.6. The number of aliphatic hydroxyl groups excluding tert-OH is 4. The number of aliphatic hydroxyl groups is 4. The summed E-state index contributed by atoms with van der Waals surface area (Å²) in [5.41, 5.74) is -0.124. The van der Waals surface area contributed by atoms with E-state index in [1.807, 2.05) is 0 Å². The van der Waals surface area contributed by atoms with E-state index < -0.39 is 36.7 Å². The van der Waals surface area contributed by atoms with Gasteiger partial charge in [0.25, 0.3) is 0 Å². The molecule has 0 amide bonds. The highest BCUT2D eigenvalue weighted by atomic mass is 16.7. The number of methoxy groups -OCH3 is 1. The Morgan fingerprint density at radius 2 is 1.91 bits per heavy atom. The van der Waals surface area contributed by atoms with Gasteiger partial charge in [0.2, 0.25) is 0 Å². The Labute approximate surface area is 133 Å². The van der Waals surface area contributed by atoms with Gasteiger partial charge in [0.15, 0.2) is 6.29 Å². The van der Waals surface area contributed by atoms with E-state index in [1.54, 1.807) is 6.92 Å². The average Bonchev–Trinajstić information content (AvgIpc) is 2.51. The molecule has 1 heterocycles. The normalized spacial score (nSPS) is 32.7. The minimum atomic E-state index is -1.45. The zero-order valence-corrected chi connectivity index (χ0v) is 13.2. The number of carbonyl (C=O) groups excluding carboxylic acids is 1. The highest BCUT2D eigenvalue weighted by Gasteiger charge is 2.43. The number of aliphatic imine (C=N–C) groups is 1. The van der Waals surface area contributed by atoms with E-state index in [2.05, 4.69) is 4.99 Å². The Morgan fingerprint density at radius 1 is 1.26 bits per heavy atom. The molecule has 23 heavy (non-hydrogen) atoms. The average molecular weight is 333 g/mol. The summed E-state index contributed by atoms with van der Waals surface area (Å²) in [6.45, 7) is 2.96. The Bertz CT molecular complexity index is 458. The molecule has 5 atom stereocenters. The molecule has 1 aliphatic rings. The van der Waals surface area contributed by atoms with Gasteiger partial charge in [-0.3, -0.25) is 4.99 Å². The van der Waals surface area contributed by atoms with Crippen LogP contribution in [-0.4, -0.2) is 83.6 Å². The van der Waals surface area contributed by atoms with Crippen molar-refractivity contribution in [3.05, 3.63) is 11.3 Å². The molecular formula is C14H23NO8. The van der Waals surface area contributed by atoms with E-state index in [0.29, 0.717) is 0 Å². The molecule has 1 aliphatic heterocycles. The molecule has 0 saturated carbocycles. The van der Waals surface area contributed by atoms with Crippen LogP contribution in [-0.2, 0) is 19.0 Å². The van der Waals surface area contributed by atoms with Crippen molar-refractivity contribution < 1.29 is 39.4 Å². The number of rotatable bonds is 6. The molecule has 9 heteroatoms. The van der Waals surface area contributed by atoms with Gasteiger partial charge in [-0.25, -0.2) is 4.79 Å². The standard InChI is InChI=1S/C14H23NO8/c1-4-22-13(20)8(7(2)16)5-15-6-9-10(17)11(18)12(19)14(21-3)23-9/h5,9-12,14,16-19H,4,6H2,1-3H3/b8-7-,15-5?/t9-,10-,11+,12-,14+/m1/s1. The molecule has 9 nitrogen and oxygen atoms in total. The molecule has 0 aliphatic carbocycles. The van der Waals surface area contributed by atoms with E-state index in [0.717, 1.165) is 6.21 Å². The minimum absolute atomic E-state index is 0.124. The van der Waals surface area contributed by atoms with Gasteiger partial charge < -0.3 is 34.6 Å². The molecule has 0 unspecified atom stereocenters. The highest BCUT2D eigenvalue weighted by Crippen LogP contribution is 2.21. The Hall–Kier alpha value is -1.52. The lowest BCUT2D eigenvalue weighted by atomic mass is 9.99. The first-order valence-corrected chi connectivity index (χ1v) is 7.12. The molecule has 132 valence electrons. The van der Waals surface area contributed by atoms with Crippen molar-refractivity contribution in [1.82, 2.24) is 0 Å². The zero-order valence-electron chi connectivity index (χ0n) is 13.2. The van der Waals surface area contributed by atoms with Crippen LogP contribution < -0.4 is 0 Å². The van der Waals surface area contributed by atoms with E-state index in [9.17, 15) is 25.2 Å².